The van der Waals surface area contributed by atoms with Crippen molar-refractivity contribution in [3.63, 3.8) is 0 Å². The number of nitrogens with one attached hydrogen (secondary N) is 1. The second-order valence-electron chi connectivity index (χ2n) is 6.65. The molecule has 0 aliphatic rings. The van der Waals surface area contributed by atoms with E-state index in [0.29, 0.717) is 17.3 Å². The predicted molar refractivity (Wildman–Crippen MR) is 113 cm³/mol. The molecule has 0 aliphatic heterocycles. The molecule has 4 aromatic rings. The van der Waals surface area contributed by atoms with Crippen molar-refractivity contribution in [2.24, 2.45) is 0 Å². The molecule has 2 aromatic heterocycles. The molecule has 1 amide bonds. The molecule has 0 radical (unpaired) electrons. The Hall–Kier alpha value is -3.65. The summed E-state index contributed by atoms with van der Waals surface area (Å²) in [6.07, 6.45) is 3.23. The fourth-order valence-electron chi connectivity index (χ4n) is 2.84. The minimum atomic E-state index is -0.403. The smallest absolute Gasteiger partial charge is 0.278 e. The van der Waals surface area contributed by atoms with Crippen LogP contribution >= 0.6 is 11.6 Å². The van der Waals surface area contributed by atoms with Gasteiger partial charge in [0.1, 0.15) is 12.1 Å². The van der Waals surface area contributed by atoms with Gasteiger partial charge in [-0.05, 0) is 30.7 Å². The zero-order valence-corrected chi connectivity index (χ0v) is 17.0. The summed E-state index contributed by atoms with van der Waals surface area (Å²) in [5, 5.41) is 11.7. The van der Waals surface area contributed by atoms with Crippen molar-refractivity contribution in [1.82, 2.24) is 24.5 Å². The number of aryl methyl sites for hydroxylation is 1. The molecular weight excluding hydrogens is 404 g/mol. The molecule has 0 bridgehead atoms. The van der Waals surface area contributed by atoms with Crippen LogP contribution in [0, 0.1) is 6.92 Å². The van der Waals surface area contributed by atoms with Crippen LogP contribution in [0.4, 0.5) is 5.95 Å². The predicted octanol–water partition coefficient (Wildman–Crippen LogP) is 3.77. The lowest BCUT2D eigenvalue weighted by Gasteiger charge is -2.07. The average molecular weight is 423 g/mol. The number of aromatic nitrogens is 5. The largest absolute Gasteiger partial charge is 0.470 e. The molecule has 4 rings (SSSR count). The molecule has 152 valence electrons. The number of rotatable bonds is 7. The Kier molecular flexibility index (Phi) is 5.76. The van der Waals surface area contributed by atoms with Crippen LogP contribution in [0.5, 0.6) is 5.75 Å². The van der Waals surface area contributed by atoms with Gasteiger partial charge in [-0.25, -0.2) is 14.3 Å². The molecule has 30 heavy (non-hydrogen) atoms. The van der Waals surface area contributed by atoms with Crippen LogP contribution in [0.3, 0.4) is 0 Å². The average Bonchev–Trinajstić information content (AvgIpc) is 3.37. The maximum absolute atomic E-state index is 12.4. The highest BCUT2D eigenvalue weighted by atomic mass is 35.5. The summed E-state index contributed by atoms with van der Waals surface area (Å²) in [5.41, 5.74) is 2.51. The lowest BCUT2D eigenvalue weighted by atomic mass is 10.1. The first kappa shape index (κ1) is 19.7. The highest BCUT2D eigenvalue weighted by molar-refractivity contribution is 6.32. The van der Waals surface area contributed by atoms with E-state index in [1.807, 2.05) is 37.3 Å². The van der Waals surface area contributed by atoms with Gasteiger partial charge in [-0.1, -0.05) is 53.6 Å². The maximum atomic E-state index is 12.4. The number of benzene rings is 2. The van der Waals surface area contributed by atoms with Crippen molar-refractivity contribution in [2.75, 3.05) is 5.32 Å². The van der Waals surface area contributed by atoms with Crippen LogP contribution in [-0.2, 0) is 13.3 Å². The number of ether oxygens (including phenoxy) is 1. The number of anilines is 1. The standard InChI is InChI=1S/C21H19ClN6O2/c1-15-5-4-6-16(11-15)12-28-13-23-21(26-28)24-20(29)18-9-10-27(25-18)14-30-19-8-3-2-7-17(19)22/h2-11,13H,12,14H2,1H3,(H,24,26,29). The molecule has 0 unspecified atom stereocenters. The third kappa shape index (κ3) is 4.84. The van der Waals surface area contributed by atoms with Crippen LogP contribution in [0.15, 0.2) is 67.1 Å². The quantitative estimate of drug-likeness (QED) is 0.490. The van der Waals surface area contributed by atoms with Crippen LogP contribution in [0.2, 0.25) is 5.02 Å². The second kappa shape index (κ2) is 8.79. The maximum Gasteiger partial charge on any atom is 0.278 e. The minimum absolute atomic E-state index is 0.125. The number of carbonyl (C=O) groups excluding carboxylic acids is 1. The molecule has 1 N–H and O–H groups in total. The van der Waals surface area contributed by atoms with E-state index in [2.05, 4.69) is 26.6 Å². The zero-order chi connectivity index (χ0) is 20.9. The van der Waals surface area contributed by atoms with E-state index >= 15 is 0 Å². The Morgan fingerprint density at radius 1 is 1.10 bits per heavy atom. The highest BCUT2D eigenvalue weighted by Crippen LogP contribution is 2.23. The molecule has 8 nitrogen and oxygen atoms in total. The third-order valence-corrected chi connectivity index (χ3v) is 4.56. The Morgan fingerprint density at radius 3 is 2.80 bits per heavy atom. The third-order valence-electron chi connectivity index (χ3n) is 4.25. The lowest BCUT2D eigenvalue weighted by molar-refractivity contribution is 0.101. The van der Waals surface area contributed by atoms with Gasteiger partial charge in [-0.15, -0.1) is 5.10 Å². The van der Waals surface area contributed by atoms with Crippen LogP contribution in [-0.4, -0.2) is 30.5 Å². The summed E-state index contributed by atoms with van der Waals surface area (Å²) in [6.45, 7) is 2.73. The molecule has 0 atom stereocenters. The second-order valence-corrected chi connectivity index (χ2v) is 7.06. The van der Waals surface area contributed by atoms with E-state index in [-0.39, 0.29) is 18.4 Å². The number of halogens is 1. The minimum Gasteiger partial charge on any atom is -0.470 e. The molecule has 0 fully saturated rings. The Bertz CT molecular complexity index is 1170. The highest BCUT2D eigenvalue weighted by Gasteiger charge is 2.13. The van der Waals surface area contributed by atoms with Crippen LogP contribution in [0.25, 0.3) is 0 Å². The summed E-state index contributed by atoms with van der Waals surface area (Å²) in [6, 6.07) is 16.9. The molecule has 9 heteroatoms. The van der Waals surface area contributed by atoms with Crippen molar-refractivity contribution >= 4 is 23.5 Å². The van der Waals surface area contributed by atoms with E-state index < -0.39 is 5.91 Å². The number of carbonyl (C=O) groups is 1. The lowest BCUT2D eigenvalue weighted by Crippen LogP contribution is -2.15. The van der Waals surface area contributed by atoms with Crippen molar-refractivity contribution in [2.45, 2.75) is 20.2 Å². The Balaban J connectivity index is 1.34. The molecule has 0 saturated carbocycles. The summed E-state index contributed by atoms with van der Waals surface area (Å²) in [5.74, 6) is 0.360. The molecule has 0 spiro atoms. The molecule has 2 heterocycles. The van der Waals surface area contributed by atoms with Gasteiger partial charge >= 0.3 is 0 Å². The van der Waals surface area contributed by atoms with Crippen molar-refractivity contribution < 1.29 is 9.53 Å². The Morgan fingerprint density at radius 2 is 1.97 bits per heavy atom. The fourth-order valence-corrected chi connectivity index (χ4v) is 3.03. The number of amides is 1. The SMILES string of the molecule is Cc1cccc(Cn2cnc(NC(=O)c3ccn(COc4ccccc4Cl)n3)n2)c1. The van der Waals surface area contributed by atoms with Gasteiger partial charge in [0, 0.05) is 6.20 Å². The Labute approximate surface area is 178 Å². The van der Waals surface area contributed by atoms with Gasteiger partial charge in [0.05, 0.1) is 11.6 Å². The first-order valence-corrected chi connectivity index (χ1v) is 9.62. The summed E-state index contributed by atoms with van der Waals surface area (Å²) >= 11 is 6.06. The molecular formula is C21H19ClN6O2. The number of hydrogen-bond acceptors (Lipinski definition) is 5. The van der Waals surface area contributed by atoms with E-state index in [0.717, 1.165) is 5.56 Å². The monoisotopic (exact) mass is 422 g/mol. The first-order chi connectivity index (χ1) is 14.6. The topological polar surface area (TPSA) is 86.9 Å². The zero-order valence-electron chi connectivity index (χ0n) is 16.2. The summed E-state index contributed by atoms with van der Waals surface area (Å²) in [4.78, 5) is 16.6. The van der Waals surface area contributed by atoms with Gasteiger partial charge < -0.3 is 4.74 Å². The number of hydrogen-bond donors (Lipinski definition) is 1. The van der Waals surface area contributed by atoms with E-state index in [1.54, 1.807) is 35.4 Å². The normalized spacial score (nSPS) is 10.7. The van der Waals surface area contributed by atoms with E-state index in [9.17, 15) is 4.79 Å². The number of para-hydroxylation sites is 1. The molecule has 0 saturated heterocycles. The van der Waals surface area contributed by atoms with Gasteiger partial charge in [-0.2, -0.15) is 5.10 Å². The number of nitrogens with zero attached hydrogens (tertiary/aromatic N) is 5. The summed E-state index contributed by atoms with van der Waals surface area (Å²) < 4.78 is 8.78. The summed E-state index contributed by atoms with van der Waals surface area (Å²) in [7, 11) is 0. The van der Waals surface area contributed by atoms with Crippen molar-refractivity contribution in [1.29, 1.82) is 0 Å². The van der Waals surface area contributed by atoms with Crippen LogP contribution in [0.1, 0.15) is 21.6 Å². The molecule has 2 aromatic carbocycles. The van der Waals surface area contributed by atoms with Crippen LogP contribution < -0.4 is 10.1 Å². The van der Waals surface area contributed by atoms with Crippen molar-refractivity contribution in [3.8, 4) is 5.75 Å². The van der Waals surface area contributed by atoms with E-state index in [1.165, 1.54) is 10.2 Å². The first-order valence-electron chi connectivity index (χ1n) is 9.24. The van der Waals surface area contributed by atoms with E-state index in [4.69, 9.17) is 16.3 Å². The van der Waals surface area contributed by atoms with Gasteiger partial charge in [0.25, 0.3) is 5.91 Å². The van der Waals surface area contributed by atoms with Gasteiger partial charge in [0.2, 0.25) is 5.95 Å². The van der Waals surface area contributed by atoms with Crippen molar-refractivity contribution in [3.05, 3.63) is 89.0 Å². The van der Waals surface area contributed by atoms with Gasteiger partial charge in [-0.3, -0.25) is 10.1 Å². The molecule has 0 aliphatic carbocycles. The van der Waals surface area contributed by atoms with Gasteiger partial charge in [0.15, 0.2) is 12.4 Å². The fraction of sp³-hybridized carbons (Fsp3) is 0.143.